The van der Waals surface area contributed by atoms with Gasteiger partial charge in [0.25, 0.3) is 0 Å². The number of benzene rings is 1. The van der Waals surface area contributed by atoms with Crippen LogP contribution < -0.4 is 4.74 Å². The van der Waals surface area contributed by atoms with E-state index in [9.17, 15) is 5.11 Å². The minimum atomic E-state index is -0.00326. The smallest absolute Gasteiger partial charge is 0.230 e. The van der Waals surface area contributed by atoms with E-state index in [1.165, 1.54) is 24.2 Å². The topological polar surface area (TPSA) is 62.9 Å². The van der Waals surface area contributed by atoms with Crippen molar-refractivity contribution >= 4 is 16.3 Å². The summed E-state index contributed by atoms with van der Waals surface area (Å²) in [6.45, 7) is 6.69. The van der Waals surface area contributed by atoms with Crippen molar-refractivity contribution in [1.29, 1.82) is 0 Å². The molecular weight excluding hydrogens is 348 g/mol. The molecule has 1 saturated heterocycles. The second kappa shape index (κ2) is 7.25. The summed E-state index contributed by atoms with van der Waals surface area (Å²) in [6, 6.07) is 8.19. The van der Waals surface area contributed by atoms with Gasteiger partial charge in [0.2, 0.25) is 10.8 Å². The molecule has 0 spiro atoms. The standard InChI is InChI=1S/C19H24N4O2S/c1-3-15-20-19-23(21-15)18(24)17(26-19)16(22-10-5-6-11-22)13-8-7-9-14(12-13)25-4-2/h7-9,12,16,24H,3-6,10-11H2,1-2H3. The molecule has 1 aliphatic heterocycles. The van der Waals surface area contributed by atoms with E-state index >= 15 is 0 Å². The zero-order valence-corrected chi connectivity index (χ0v) is 16.0. The van der Waals surface area contributed by atoms with Gasteiger partial charge in [-0.05, 0) is 50.6 Å². The van der Waals surface area contributed by atoms with E-state index in [4.69, 9.17) is 4.74 Å². The second-order valence-corrected chi connectivity index (χ2v) is 7.53. The quantitative estimate of drug-likeness (QED) is 0.716. The van der Waals surface area contributed by atoms with Gasteiger partial charge in [0.1, 0.15) is 5.75 Å². The predicted octanol–water partition coefficient (Wildman–Crippen LogP) is 3.64. The maximum atomic E-state index is 10.9. The van der Waals surface area contributed by atoms with Gasteiger partial charge in [0.05, 0.1) is 17.5 Å². The highest BCUT2D eigenvalue weighted by Gasteiger charge is 2.31. The fourth-order valence-electron chi connectivity index (χ4n) is 3.59. The lowest BCUT2D eigenvalue weighted by molar-refractivity contribution is 0.275. The average Bonchev–Trinajstić information content (AvgIpc) is 3.36. The van der Waals surface area contributed by atoms with Crippen LogP contribution in [0.4, 0.5) is 0 Å². The number of aromatic hydroxyl groups is 1. The normalized spacial score (nSPS) is 16.4. The van der Waals surface area contributed by atoms with Gasteiger partial charge in [0, 0.05) is 6.42 Å². The maximum Gasteiger partial charge on any atom is 0.230 e. The number of hydrogen-bond acceptors (Lipinski definition) is 6. The number of aromatic nitrogens is 3. The van der Waals surface area contributed by atoms with E-state index in [-0.39, 0.29) is 11.9 Å². The van der Waals surface area contributed by atoms with Crippen molar-refractivity contribution < 1.29 is 9.84 Å². The van der Waals surface area contributed by atoms with Gasteiger partial charge in [-0.15, -0.1) is 5.10 Å². The van der Waals surface area contributed by atoms with Crippen LogP contribution in [0.5, 0.6) is 11.6 Å². The van der Waals surface area contributed by atoms with Crippen molar-refractivity contribution in [1.82, 2.24) is 19.5 Å². The van der Waals surface area contributed by atoms with E-state index in [2.05, 4.69) is 27.1 Å². The molecule has 138 valence electrons. The Bertz CT molecular complexity index is 898. The van der Waals surface area contributed by atoms with Crippen molar-refractivity contribution in [2.75, 3.05) is 19.7 Å². The van der Waals surface area contributed by atoms with Crippen LogP contribution in [0.15, 0.2) is 24.3 Å². The van der Waals surface area contributed by atoms with Crippen molar-refractivity contribution in [3.8, 4) is 11.6 Å². The number of aryl methyl sites for hydroxylation is 1. The third-order valence-electron chi connectivity index (χ3n) is 4.80. The van der Waals surface area contributed by atoms with Crippen LogP contribution >= 0.6 is 11.3 Å². The third-order valence-corrected chi connectivity index (χ3v) is 5.87. The zero-order chi connectivity index (χ0) is 18.1. The molecule has 1 unspecified atom stereocenters. The van der Waals surface area contributed by atoms with Crippen LogP contribution in [0.1, 0.15) is 49.0 Å². The molecule has 0 radical (unpaired) electrons. The molecule has 1 N–H and O–H groups in total. The first-order chi connectivity index (χ1) is 12.7. The van der Waals surface area contributed by atoms with Crippen molar-refractivity contribution in [3.05, 3.63) is 40.5 Å². The largest absolute Gasteiger partial charge is 0.494 e. The Kier molecular flexibility index (Phi) is 4.82. The fourth-order valence-corrected chi connectivity index (χ4v) is 4.72. The highest BCUT2D eigenvalue weighted by Crippen LogP contribution is 2.41. The third kappa shape index (κ3) is 3.05. The second-order valence-electron chi connectivity index (χ2n) is 6.52. The molecule has 2 aromatic heterocycles. The molecule has 3 aromatic rings. The predicted molar refractivity (Wildman–Crippen MR) is 102 cm³/mol. The first kappa shape index (κ1) is 17.3. The van der Waals surface area contributed by atoms with E-state index < -0.39 is 0 Å². The first-order valence-corrected chi connectivity index (χ1v) is 10.1. The summed E-state index contributed by atoms with van der Waals surface area (Å²) in [5.41, 5.74) is 1.13. The highest BCUT2D eigenvalue weighted by molar-refractivity contribution is 7.17. The first-order valence-electron chi connectivity index (χ1n) is 9.25. The SMILES string of the molecule is CCOc1cccc(C(c2sc3nc(CC)nn3c2O)N2CCCC2)c1. The molecule has 1 aliphatic rings. The van der Waals surface area contributed by atoms with Crippen LogP contribution in [0.2, 0.25) is 0 Å². The lowest BCUT2D eigenvalue weighted by Crippen LogP contribution is -2.26. The minimum absolute atomic E-state index is 0.00326. The van der Waals surface area contributed by atoms with Crippen LogP contribution in [0.3, 0.4) is 0 Å². The summed E-state index contributed by atoms with van der Waals surface area (Å²) in [6.07, 6.45) is 3.13. The summed E-state index contributed by atoms with van der Waals surface area (Å²) < 4.78 is 7.27. The molecule has 1 atom stereocenters. The molecule has 0 bridgehead atoms. The van der Waals surface area contributed by atoms with E-state index in [0.29, 0.717) is 6.61 Å². The van der Waals surface area contributed by atoms with Gasteiger partial charge >= 0.3 is 0 Å². The Morgan fingerprint density at radius 2 is 2.08 bits per heavy atom. The maximum absolute atomic E-state index is 10.9. The number of likely N-dealkylation sites (tertiary alicyclic amines) is 1. The van der Waals surface area contributed by atoms with Crippen molar-refractivity contribution in [3.63, 3.8) is 0 Å². The number of rotatable bonds is 6. The lowest BCUT2D eigenvalue weighted by Gasteiger charge is -2.27. The zero-order valence-electron chi connectivity index (χ0n) is 15.2. The van der Waals surface area contributed by atoms with Crippen molar-refractivity contribution in [2.24, 2.45) is 0 Å². The Balaban J connectivity index is 1.80. The molecule has 4 rings (SSSR count). The Morgan fingerprint density at radius 1 is 1.27 bits per heavy atom. The van der Waals surface area contributed by atoms with Crippen LogP contribution in [-0.2, 0) is 6.42 Å². The summed E-state index contributed by atoms with van der Waals surface area (Å²) in [4.78, 5) is 8.61. The lowest BCUT2D eigenvalue weighted by atomic mass is 10.0. The Hall–Kier alpha value is -2.12. The molecule has 0 amide bonds. The van der Waals surface area contributed by atoms with Crippen LogP contribution in [0, 0.1) is 0 Å². The van der Waals surface area contributed by atoms with E-state index in [0.717, 1.165) is 46.5 Å². The Morgan fingerprint density at radius 3 is 2.77 bits per heavy atom. The molecular formula is C19H24N4O2S. The van der Waals surface area contributed by atoms with E-state index in [1.54, 1.807) is 4.52 Å². The van der Waals surface area contributed by atoms with Gasteiger partial charge in [-0.2, -0.15) is 4.52 Å². The highest BCUT2D eigenvalue weighted by atomic mass is 32.1. The molecule has 7 heteroatoms. The summed E-state index contributed by atoms with van der Waals surface area (Å²) in [7, 11) is 0. The number of thiazole rings is 1. The molecule has 0 aliphatic carbocycles. The molecule has 6 nitrogen and oxygen atoms in total. The molecule has 26 heavy (non-hydrogen) atoms. The van der Waals surface area contributed by atoms with Crippen LogP contribution in [0.25, 0.3) is 4.96 Å². The number of ether oxygens (including phenoxy) is 1. The van der Waals surface area contributed by atoms with Crippen molar-refractivity contribution in [2.45, 2.75) is 39.2 Å². The summed E-state index contributed by atoms with van der Waals surface area (Å²) in [5.74, 6) is 1.83. The fraction of sp³-hybridized carbons (Fsp3) is 0.474. The number of hydrogen-bond donors (Lipinski definition) is 1. The molecule has 0 saturated carbocycles. The minimum Gasteiger partial charge on any atom is -0.494 e. The van der Waals surface area contributed by atoms with Gasteiger partial charge in [-0.3, -0.25) is 4.90 Å². The van der Waals surface area contributed by atoms with Gasteiger partial charge in [-0.1, -0.05) is 30.4 Å². The average molecular weight is 372 g/mol. The Labute approximate surface area is 157 Å². The van der Waals surface area contributed by atoms with Crippen LogP contribution in [-0.4, -0.2) is 44.3 Å². The van der Waals surface area contributed by atoms with Gasteiger partial charge in [0.15, 0.2) is 5.82 Å². The van der Waals surface area contributed by atoms with Gasteiger partial charge in [-0.25, -0.2) is 4.98 Å². The van der Waals surface area contributed by atoms with Gasteiger partial charge < -0.3 is 9.84 Å². The monoisotopic (exact) mass is 372 g/mol. The molecule has 3 heterocycles. The summed E-state index contributed by atoms with van der Waals surface area (Å²) in [5, 5.41) is 15.3. The molecule has 1 fully saturated rings. The summed E-state index contributed by atoms with van der Waals surface area (Å²) >= 11 is 1.53. The number of nitrogens with zero attached hydrogens (tertiary/aromatic N) is 4. The van der Waals surface area contributed by atoms with E-state index in [1.807, 2.05) is 26.0 Å². The molecule has 1 aromatic carbocycles. The number of fused-ring (bicyclic) bond motifs is 1.